The minimum absolute atomic E-state index is 0.00580. The maximum atomic E-state index is 13.4. The molecule has 0 aliphatic carbocycles. The molecule has 1 aliphatic rings. The van der Waals surface area contributed by atoms with E-state index in [1.165, 1.54) is 12.0 Å². The van der Waals surface area contributed by atoms with Crippen LogP contribution in [0.4, 0.5) is 0 Å². The molecule has 8 nitrogen and oxygen atoms in total. The SMILES string of the molecule is COC(=O)c1ccc([C@@H]2C(=C(O)c3ccc(Br)cc3)C(=O)C(=O)N2CCc2c[nH]c3ccc(OC)cc23)cc1. The van der Waals surface area contributed by atoms with E-state index < -0.39 is 23.7 Å². The van der Waals surface area contributed by atoms with Crippen molar-refractivity contribution < 1.29 is 29.0 Å². The summed E-state index contributed by atoms with van der Waals surface area (Å²) in [6.45, 7) is 0.218. The summed E-state index contributed by atoms with van der Waals surface area (Å²) >= 11 is 3.37. The predicted molar refractivity (Wildman–Crippen MR) is 149 cm³/mol. The number of hydrogen-bond donors (Lipinski definition) is 2. The van der Waals surface area contributed by atoms with Crippen LogP contribution in [0, 0.1) is 0 Å². The Bertz CT molecular complexity index is 1600. The summed E-state index contributed by atoms with van der Waals surface area (Å²) < 4.78 is 11.0. The molecule has 9 heteroatoms. The number of esters is 1. The van der Waals surface area contributed by atoms with Crippen LogP contribution in [-0.2, 0) is 20.7 Å². The zero-order valence-corrected chi connectivity index (χ0v) is 22.8. The van der Waals surface area contributed by atoms with Gasteiger partial charge in [0.2, 0.25) is 0 Å². The smallest absolute Gasteiger partial charge is 0.337 e. The minimum Gasteiger partial charge on any atom is -0.507 e. The zero-order valence-electron chi connectivity index (χ0n) is 21.2. The number of ketones is 1. The number of carbonyl (C=O) groups is 3. The maximum absolute atomic E-state index is 13.4. The number of nitrogens with zero attached hydrogens (tertiary/aromatic N) is 1. The van der Waals surface area contributed by atoms with Gasteiger partial charge in [-0.25, -0.2) is 4.79 Å². The van der Waals surface area contributed by atoms with Crippen molar-refractivity contribution >= 4 is 50.3 Å². The number of halogens is 1. The number of nitrogens with one attached hydrogen (secondary N) is 1. The van der Waals surface area contributed by atoms with Crippen molar-refractivity contribution in [1.29, 1.82) is 0 Å². The molecule has 2 heterocycles. The molecule has 5 rings (SSSR count). The lowest BCUT2D eigenvalue weighted by atomic mass is 9.94. The maximum Gasteiger partial charge on any atom is 0.337 e. The lowest BCUT2D eigenvalue weighted by molar-refractivity contribution is -0.139. The van der Waals surface area contributed by atoms with Crippen LogP contribution in [-0.4, -0.2) is 53.4 Å². The van der Waals surface area contributed by atoms with Gasteiger partial charge in [0.05, 0.1) is 31.4 Å². The summed E-state index contributed by atoms with van der Waals surface area (Å²) in [4.78, 5) is 43.4. The lowest BCUT2D eigenvalue weighted by Gasteiger charge is -2.25. The normalized spacial score (nSPS) is 16.6. The molecular formula is C30H25BrN2O6. The number of amides is 1. The topological polar surface area (TPSA) is 109 Å². The molecule has 0 spiro atoms. The molecule has 0 unspecified atom stereocenters. The highest BCUT2D eigenvalue weighted by atomic mass is 79.9. The summed E-state index contributed by atoms with van der Waals surface area (Å²) in [5.74, 6) is -1.52. The molecule has 0 bridgehead atoms. The van der Waals surface area contributed by atoms with Crippen molar-refractivity contribution in [3.8, 4) is 5.75 Å². The van der Waals surface area contributed by atoms with Crippen molar-refractivity contribution in [2.45, 2.75) is 12.5 Å². The number of H-pyrrole nitrogens is 1. The van der Waals surface area contributed by atoms with Crippen LogP contribution in [0.1, 0.15) is 33.1 Å². The van der Waals surface area contributed by atoms with E-state index in [9.17, 15) is 19.5 Å². The average Bonchev–Trinajstić information content (AvgIpc) is 3.48. The van der Waals surface area contributed by atoms with Crippen molar-refractivity contribution in [3.05, 3.63) is 105 Å². The van der Waals surface area contributed by atoms with Crippen LogP contribution < -0.4 is 4.74 Å². The molecule has 1 fully saturated rings. The molecule has 1 aliphatic heterocycles. The third kappa shape index (κ3) is 4.93. The Morgan fingerprint density at radius 1 is 1.00 bits per heavy atom. The molecule has 39 heavy (non-hydrogen) atoms. The molecule has 1 saturated heterocycles. The largest absolute Gasteiger partial charge is 0.507 e. The highest BCUT2D eigenvalue weighted by molar-refractivity contribution is 9.10. The van der Waals surface area contributed by atoms with Gasteiger partial charge in [-0.3, -0.25) is 9.59 Å². The summed E-state index contributed by atoms with van der Waals surface area (Å²) in [5, 5.41) is 12.2. The average molecular weight is 589 g/mol. The quantitative estimate of drug-likeness (QED) is 0.130. The Morgan fingerprint density at radius 2 is 1.69 bits per heavy atom. The van der Waals surface area contributed by atoms with Gasteiger partial charge in [-0.2, -0.15) is 0 Å². The number of fused-ring (bicyclic) bond motifs is 1. The van der Waals surface area contributed by atoms with Gasteiger partial charge in [-0.1, -0.05) is 40.2 Å². The number of Topliss-reactive ketones (excluding diaryl/α,β-unsaturated/α-hetero) is 1. The van der Waals surface area contributed by atoms with Crippen LogP contribution in [0.2, 0.25) is 0 Å². The van der Waals surface area contributed by atoms with Crippen molar-refractivity contribution in [3.63, 3.8) is 0 Å². The summed E-state index contributed by atoms with van der Waals surface area (Å²) in [6, 6.07) is 18.2. The number of rotatable bonds is 7. The number of aliphatic hydroxyl groups is 1. The van der Waals surface area contributed by atoms with E-state index in [-0.39, 0.29) is 17.9 Å². The monoisotopic (exact) mass is 588 g/mol. The first-order chi connectivity index (χ1) is 18.8. The Kier molecular flexibility index (Phi) is 7.26. The number of methoxy groups -OCH3 is 2. The number of hydrogen-bond acceptors (Lipinski definition) is 6. The van der Waals surface area contributed by atoms with Gasteiger partial charge in [0.1, 0.15) is 11.5 Å². The number of ether oxygens (including phenoxy) is 2. The first-order valence-corrected chi connectivity index (χ1v) is 13.0. The zero-order chi connectivity index (χ0) is 27.7. The number of aromatic nitrogens is 1. The lowest BCUT2D eigenvalue weighted by Crippen LogP contribution is -2.31. The molecule has 3 aromatic carbocycles. The Labute approximate surface area is 233 Å². The minimum atomic E-state index is -0.847. The van der Waals surface area contributed by atoms with E-state index in [0.717, 1.165) is 20.9 Å². The molecule has 2 N–H and O–H groups in total. The van der Waals surface area contributed by atoms with Crippen LogP contribution in [0.3, 0.4) is 0 Å². The molecule has 4 aromatic rings. The van der Waals surface area contributed by atoms with E-state index in [4.69, 9.17) is 9.47 Å². The van der Waals surface area contributed by atoms with E-state index in [1.54, 1.807) is 55.6 Å². The first-order valence-electron chi connectivity index (χ1n) is 12.2. The summed E-state index contributed by atoms with van der Waals surface area (Å²) in [5.41, 5.74) is 3.21. The molecule has 1 aromatic heterocycles. The molecule has 198 valence electrons. The van der Waals surface area contributed by atoms with Gasteiger partial charge in [0.25, 0.3) is 11.7 Å². The van der Waals surface area contributed by atoms with Gasteiger partial charge in [0.15, 0.2) is 0 Å². The number of likely N-dealkylation sites (tertiary alicyclic amines) is 1. The van der Waals surface area contributed by atoms with E-state index in [0.29, 0.717) is 28.9 Å². The van der Waals surface area contributed by atoms with Gasteiger partial charge in [-0.15, -0.1) is 0 Å². The van der Waals surface area contributed by atoms with Gasteiger partial charge in [0, 0.05) is 33.7 Å². The number of aromatic amines is 1. The van der Waals surface area contributed by atoms with Crippen molar-refractivity contribution in [2.75, 3.05) is 20.8 Å². The molecule has 1 amide bonds. The molecule has 0 saturated carbocycles. The van der Waals surface area contributed by atoms with Gasteiger partial charge >= 0.3 is 5.97 Å². The second-order valence-electron chi connectivity index (χ2n) is 9.09. The molecular weight excluding hydrogens is 564 g/mol. The molecule has 1 atom stereocenters. The fraction of sp³-hybridized carbons (Fsp3) is 0.167. The van der Waals surface area contributed by atoms with Crippen molar-refractivity contribution in [1.82, 2.24) is 9.88 Å². The van der Waals surface area contributed by atoms with Gasteiger partial charge in [-0.05, 0) is 60.0 Å². The van der Waals surface area contributed by atoms with Gasteiger partial charge < -0.3 is 24.5 Å². The van der Waals surface area contributed by atoms with Crippen LogP contribution in [0.25, 0.3) is 16.7 Å². The van der Waals surface area contributed by atoms with E-state index in [2.05, 4.69) is 20.9 Å². The molecule has 0 radical (unpaired) electrons. The Hall–Kier alpha value is -4.37. The van der Waals surface area contributed by atoms with E-state index in [1.807, 2.05) is 24.4 Å². The first kappa shape index (κ1) is 26.2. The summed E-state index contributed by atoms with van der Waals surface area (Å²) in [7, 11) is 2.90. The van der Waals surface area contributed by atoms with E-state index >= 15 is 0 Å². The second kappa shape index (κ2) is 10.8. The number of benzene rings is 3. The fourth-order valence-corrected chi connectivity index (χ4v) is 5.14. The third-order valence-corrected chi connectivity index (χ3v) is 7.43. The summed E-state index contributed by atoms with van der Waals surface area (Å²) in [6.07, 6.45) is 2.33. The Morgan fingerprint density at radius 3 is 2.36 bits per heavy atom. The Balaban J connectivity index is 1.55. The van der Waals surface area contributed by atoms with Crippen LogP contribution >= 0.6 is 15.9 Å². The number of aliphatic hydroxyl groups excluding tert-OH is 1. The standard InChI is InChI=1S/C30H25BrN2O6/c1-38-22-11-12-24-23(15-22)20(16-32-24)13-14-33-26(17-3-5-19(6-4-17)30(37)39-2)25(28(35)29(33)36)27(34)18-7-9-21(31)10-8-18/h3-12,15-16,26,32,34H,13-14H2,1-2H3/t26-/m1/s1. The van der Waals surface area contributed by atoms with Crippen LogP contribution in [0.15, 0.2) is 83.0 Å². The number of carbonyl (C=O) groups excluding carboxylic acids is 3. The highest BCUT2D eigenvalue weighted by Crippen LogP contribution is 2.40. The highest BCUT2D eigenvalue weighted by Gasteiger charge is 2.46. The van der Waals surface area contributed by atoms with Crippen molar-refractivity contribution in [2.24, 2.45) is 0 Å². The predicted octanol–water partition coefficient (Wildman–Crippen LogP) is 5.39. The van der Waals surface area contributed by atoms with Crippen LogP contribution in [0.5, 0.6) is 5.75 Å². The second-order valence-corrected chi connectivity index (χ2v) is 10.0. The third-order valence-electron chi connectivity index (χ3n) is 6.90. The fourth-order valence-electron chi connectivity index (χ4n) is 4.87.